The van der Waals surface area contributed by atoms with Crippen LogP contribution in [0.3, 0.4) is 0 Å². The number of amides is 1. The molecule has 0 aliphatic carbocycles. The predicted molar refractivity (Wildman–Crippen MR) is 185 cm³/mol. The van der Waals surface area contributed by atoms with Gasteiger partial charge in [0, 0.05) is 74.0 Å². The summed E-state index contributed by atoms with van der Waals surface area (Å²) in [6.45, 7) is 6.22. The van der Waals surface area contributed by atoms with E-state index in [1.165, 1.54) is 0 Å². The highest BCUT2D eigenvalue weighted by Crippen LogP contribution is 2.33. The molecule has 244 valence electrons. The number of carbonyl (C=O) groups excluding carboxylic acids is 1. The van der Waals surface area contributed by atoms with Crippen LogP contribution in [0.4, 0.5) is 23.4 Å². The van der Waals surface area contributed by atoms with Crippen LogP contribution < -0.4 is 20.7 Å². The van der Waals surface area contributed by atoms with Gasteiger partial charge in [-0.2, -0.15) is 10.1 Å². The molecule has 5 heterocycles. The van der Waals surface area contributed by atoms with Gasteiger partial charge in [0.25, 0.3) is 0 Å². The predicted octanol–water partition coefficient (Wildman–Crippen LogP) is 5.21. The number of nitrogens with one attached hydrogen (secondary N) is 4. The lowest BCUT2D eigenvalue weighted by atomic mass is 10.1. The van der Waals surface area contributed by atoms with Crippen molar-refractivity contribution in [3.63, 3.8) is 0 Å². The van der Waals surface area contributed by atoms with E-state index in [9.17, 15) is 4.79 Å². The van der Waals surface area contributed by atoms with Gasteiger partial charge in [0.15, 0.2) is 5.82 Å². The Hall–Kier alpha value is -5.82. The second-order valence-electron chi connectivity index (χ2n) is 11.9. The number of anilines is 4. The first-order valence-electron chi connectivity index (χ1n) is 15.9. The van der Waals surface area contributed by atoms with Crippen LogP contribution in [0.1, 0.15) is 23.2 Å². The Morgan fingerprint density at radius 1 is 1.04 bits per heavy atom. The number of para-hydroxylation sites is 1. The highest BCUT2D eigenvalue weighted by Gasteiger charge is 2.26. The van der Waals surface area contributed by atoms with Crippen LogP contribution in [0, 0.1) is 13.8 Å². The molecule has 7 rings (SSSR count). The summed E-state index contributed by atoms with van der Waals surface area (Å²) in [5, 5.41) is 14.9. The first kappa shape index (κ1) is 30.8. The van der Waals surface area contributed by atoms with E-state index in [1.54, 1.807) is 23.1 Å². The van der Waals surface area contributed by atoms with Gasteiger partial charge in [-0.15, -0.1) is 0 Å². The maximum atomic E-state index is 13.2. The van der Waals surface area contributed by atoms with Crippen molar-refractivity contribution in [2.75, 3.05) is 35.6 Å². The average molecular weight is 644 g/mol. The Balaban J connectivity index is 0.967. The molecular formula is C35H37N11O2. The van der Waals surface area contributed by atoms with E-state index in [-0.39, 0.29) is 18.6 Å². The van der Waals surface area contributed by atoms with Crippen molar-refractivity contribution < 1.29 is 9.53 Å². The molecule has 13 heteroatoms. The minimum absolute atomic E-state index is 0.0683. The smallest absolute Gasteiger partial charge is 0.238 e. The number of aromatic nitrogens is 7. The van der Waals surface area contributed by atoms with E-state index in [2.05, 4.69) is 45.9 Å². The molecule has 4 aromatic heterocycles. The number of ether oxygens (including phenoxy) is 1. The molecule has 0 spiro atoms. The quantitative estimate of drug-likeness (QED) is 0.148. The van der Waals surface area contributed by atoms with E-state index < -0.39 is 0 Å². The summed E-state index contributed by atoms with van der Waals surface area (Å²) in [5.74, 6) is 2.07. The Kier molecular flexibility index (Phi) is 8.67. The molecule has 1 aliphatic heterocycles. The minimum Gasteiger partial charge on any atom is -0.473 e. The third kappa shape index (κ3) is 6.95. The van der Waals surface area contributed by atoms with Gasteiger partial charge in [-0.25, -0.2) is 15.0 Å². The number of fused-ring (bicyclic) bond motifs is 1. The zero-order valence-electron chi connectivity index (χ0n) is 27.1. The molecular weight excluding hydrogens is 606 g/mol. The number of hydrogen-bond acceptors (Lipinski definition) is 10. The number of H-pyrrole nitrogens is 1. The van der Waals surface area contributed by atoms with Crippen LogP contribution in [-0.4, -0.2) is 71.2 Å². The number of aryl methyl sites for hydroxylation is 3. The lowest BCUT2D eigenvalue weighted by Crippen LogP contribution is -2.33. The van der Waals surface area contributed by atoms with E-state index in [4.69, 9.17) is 9.72 Å². The van der Waals surface area contributed by atoms with Crippen LogP contribution in [0.25, 0.3) is 22.2 Å². The lowest BCUT2D eigenvalue weighted by molar-refractivity contribution is -0.117. The van der Waals surface area contributed by atoms with Gasteiger partial charge in [-0.1, -0.05) is 42.5 Å². The van der Waals surface area contributed by atoms with Crippen LogP contribution in [0.2, 0.25) is 0 Å². The fourth-order valence-corrected chi connectivity index (χ4v) is 5.84. The highest BCUT2D eigenvalue weighted by molar-refractivity contribution is 6.06. The molecule has 48 heavy (non-hydrogen) atoms. The van der Waals surface area contributed by atoms with Gasteiger partial charge < -0.3 is 25.7 Å². The van der Waals surface area contributed by atoms with Gasteiger partial charge in [0.1, 0.15) is 6.10 Å². The molecule has 0 saturated carbocycles. The summed E-state index contributed by atoms with van der Waals surface area (Å²) in [7, 11) is 1.89. The summed E-state index contributed by atoms with van der Waals surface area (Å²) >= 11 is 0. The standard InChI is InChI=1S/C35H37N11O2/c1-22-17-38-35(41-29-16-23(2)45(3)44-29)43-32(22)27-19-37-33-26(27)10-7-11-28(33)40-30(47)21-46-15-13-25(20-46)48-31-12-14-36-34(42-31)39-18-24-8-5-4-6-9-24/h4-12,14,16-17,19,25,37H,13,15,18,20-21H2,1-3H3,(H,40,47)(H,36,39,42)(H,38,41,43,44)/t25-/m0/s1. The minimum atomic E-state index is -0.0934. The number of hydrogen-bond donors (Lipinski definition) is 4. The third-order valence-corrected chi connectivity index (χ3v) is 8.38. The zero-order chi connectivity index (χ0) is 33.0. The molecule has 1 saturated heterocycles. The van der Waals surface area contributed by atoms with E-state index in [0.717, 1.165) is 51.9 Å². The second-order valence-corrected chi connectivity index (χ2v) is 11.9. The maximum absolute atomic E-state index is 13.2. The topological polar surface area (TPSA) is 151 Å². The summed E-state index contributed by atoms with van der Waals surface area (Å²) in [6, 6.07) is 19.6. The Bertz CT molecular complexity index is 2040. The second kappa shape index (κ2) is 13.5. The molecule has 4 N–H and O–H groups in total. The molecule has 13 nitrogen and oxygen atoms in total. The van der Waals surface area contributed by atoms with Gasteiger partial charge in [-0.05, 0) is 37.5 Å². The van der Waals surface area contributed by atoms with Crippen molar-refractivity contribution in [2.24, 2.45) is 7.05 Å². The number of aromatic amines is 1. The summed E-state index contributed by atoms with van der Waals surface area (Å²) in [6.07, 6.45) is 6.14. The molecule has 1 fully saturated rings. The van der Waals surface area contributed by atoms with Crippen LogP contribution in [0.15, 0.2) is 79.3 Å². The fourth-order valence-electron chi connectivity index (χ4n) is 5.84. The van der Waals surface area contributed by atoms with Gasteiger partial charge in [0.05, 0.1) is 23.4 Å². The van der Waals surface area contributed by atoms with Crippen molar-refractivity contribution >= 4 is 40.2 Å². The van der Waals surface area contributed by atoms with Crippen molar-refractivity contribution in [1.29, 1.82) is 0 Å². The van der Waals surface area contributed by atoms with Crippen molar-refractivity contribution in [3.05, 3.63) is 96.1 Å². The van der Waals surface area contributed by atoms with Crippen LogP contribution in [-0.2, 0) is 18.4 Å². The normalized spacial score (nSPS) is 14.7. The molecule has 0 unspecified atom stereocenters. The molecule has 0 radical (unpaired) electrons. The van der Waals surface area contributed by atoms with Gasteiger partial charge >= 0.3 is 0 Å². The van der Waals surface area contributed by atoms with Crippen molar-refractivity contribution in [2.45, 2.75) is 32.9 Å². The van der Waals surface area contributed by atoms with Gasteiger partial charge in [-0.3, -0.25) is 14.4 Å². The Morgan fingerprint density at radius 2 is 1.92 bits per heavy atom. The SMILES string of the molecule is Cc1cnc(Nc2cc(C)n(C)n2)nc1-c1c[nH]c2c(NC(=O)CN3CC[C@H](Oc4ccnc(NCc5ccccc5)n4)C3)cccc12. The van der Waals surface area contributed by atoms with E-state index in [0.29, 0.717) is 42.4 Å². The molecule has 1 amide bonds. The lowest BCUT2D eigenvalue weighted by Gasteiger charge is -2.17. The zero-order valence-corrected chi connectivity index (χ0v) is 27.1. The number of nitrogens with zero attached hydrogens (tertiary/aromatic N) is 7. The number of rotatable bonds is 11. The number of carbonyl (C=O) groups is 1. The van der Waals surface area contributed by atoms with Crippen LogP contribution >= 0.6 is 0 Å². The van der Waals surface area contributed by atoms with Crippen LogP contribution in [0.5, 0.6) is 5.88 Å². The third-order valence-electron chi connectivity index (χ3n) is 8.38. The summed E-state index contributed by atoms with van der Waals surface area (Å²) in [5.41, 5.74) is 6.35. The van der Waals surface area contributed by atoms with Crippen molar-refractivity contribution in [3.8, 4) is 17.1 Å². The molecule has 1 aliphatic rings. The fraction of sp³-hybridized carbons (Fsp3) is 0.257. The Labute approximate surface area is 277 Å². The first-order valence-corrected chi connectivity index (χ1v) is 15.9. The monoisotopic (exact) mass is 643 g/mol. The summed E-state index contributed by atoms with van der Waals surface area (Å²) in [4.78, 5) is 36.8. The molecule has 0 bridgehead atoms. The highest BCUT2D eigenvalue weighted by atomic mass is 16.5. The first-order chi connectivity index (χ1) is 23.4. The van der Waals surface area contributed by atoms with E-state index in [1.807, 2.05) is 81.7 Å². The van der Waals surface area contributed by atoms with Crippen molar-refractivity contribution in [1.82, 2.24) is 39.6 Å². The number of benzene rings is 2. The molecule has 1 atom stereocenters. The van der Waals surface area contributed by atoms with E-state index >= 15 is 0 Å². The van der Waals surface area contributed by atoms with Gasteiger partial charge in [0.2, 0.25) is 23.7 Å². The Morgan fingerprint density at radius 3 is 2.75 bits per heavy atom. The molecule has 6 aromatic rings. The molecule has 2 aromatic carbocycles. The maximum Gasteiger partial charge on any atom is 0.238 e. The number of likely N-dealkylation sites (tertiary alicyclic amines) is 1. The average Bonchev–Trinajstić information content (AvgIpc) is 3.80. The summed E-state index contributed by atoms with van der Waals surface area (Å²) < 4.78 is 7.96. The largest absolute Gasteiger partial charge is 0.473 e.